The van der Waals surface area contributed by atoms with E-state index >= 15 is 0 Å². The Balaban J connectivity index is 2.55. The number of hydrogen-bond acceptors (Lipinski definition) is 5. The Morgan fingerprint density at radius 1 is 1.35 bits per heavy atom. The summed E-state index contributed by atoms with van der Waals surface area (Å²) in [4.78, 5) is 4.06. The molecule has 5 nitrogen and oxygen atoms in total. The highest BCUT2D eigenvalue weighted by atomic mass is 35.7. The van der Waals surface area contributed by atoms with E-state index in [9.17, 15) is 8.42 Å². The summed E-state index contributed by atoms with van der Waals surface area (Å²) in [5.74, 6) is 0.543. The van der Waals surface area contributed by atoms with Gasteiger partial charge in [0.25, 0.3) is 9.05 Å². The standard InChI is InChI=1S/C13H14ClNO4S/c1-9(8-18-2)19-11-5-6-12(20(14,16)17)13-10(11)4-3-7-15-13/h3-7,9H,8H2,1-2H3. The molecule has 7 heteroatoms. The summed E-state index contributed by atoms with van der Waals surface area (Å²) >= 11 is 0. The molecule has 2 rings (SSSR count). The van der Waals surface area contributed by atoms with Crippen LogP contribution < -0.4 is 4.74 Å². The van der Waals surface area contributed by atoms with Gasteiger partial charge in [-0.25, -0.2) is 8.42 Å². The minimum atomic E-state index is -3.86. The number of aromatic nitrogens is 1. The van der Waals surface area contributed by atoms with Gasteiger partial charge in [-0.3, -0.25) is 4.98 Å². The average Bonchev–Trinajstić information content (AvgIpc) is 2.38. The molecular formula is C13H14ClNO4S. The summed E-state index contributed by atoms with van der Waals surface area (Å²) in [6.45, 7) is 2.29. The maximum Gasteiger partial charge on any atom is 0.263 e. The fraction of sp³-hybridized carbons (Fsp3) is 0.308. The first kappa shape index (κ1) is 15.0. The molecule has 0 bridgehead atoms. The maximum absolute atomic E-state index is 11.5. The van der Waals surface area contributed by atoms with Gasteiger partial charge >= 0.3 is 0 Å². The third kappa shape index (κ3) is 3.20. The van der Waals surface area contributed by atoms with E-state index in [-0.39, 0.29) is 11.0 Å². The summed E-state index contributed by atoms with van der Waals surface area (Å²) < 4.78 is 33.8. The molecule has 0 aliphatic heterocycles. The van der Waals surface area contributed by atoms with E-state index in [0.717, 1.165) is 0 Å². The number of pyridine rings is 1. The van der Waals surface area contributed by atoms with Gasteiger partial charge in [-0.2, -0.15) is 0 Å². The molecule has 1 aromatic carbocycles. The lowest BCUT2D eigenvalue weighted by atomic mass is 10.2. The molecule has 0 N–H and O–H groups in total. The number of benzene rings is 1. The van der Waals surface area contributed by atoms with Crippen molar-refractivity contribution in [3.63, 3.8) is 0 Å². The molecule has 0 spiro atoms. The van der Waals surface area contributed by atoms with Crippen LogP contribution >= 0.6 is 10.7 Å². The molecule has 0 saturated carbocycles. The highest BCUT2D eigenvalue weighted by Gasteiger charge is 2.18. The highest BCUT2D eigenvalue weighted by Crippen LogP contribution is 2.31. The van der Waals surface area contributed by atoms with Crippen LogP contribution in [0.5, 0.6) is 5.75 Å². The van der Waals surface area contributed by atoms with Crippen molar-refractivity contribution in [1.29, 1.82) is 0 Å². The second kappa shape index (κ2) is 5.95. The summed E-state index contributed by atoms with van der Waals surface area (Å²) in [7, 11) is 3.15. The lowest BCUT2D eigenvalue weighted by Crippen LogP contribution is -2.18. The van der Waals surface area contributed by atoms with E-state index in [1.807, 2.05) is 6.92 Å². The van der Waals surface area contributed by atoms with Crippen molar-refractivity contribution in [3.05, 3.63) is 30.5 Å². The molecule has 0 fully saturated rings. The van der Waals surface area contributed by atoms with E-state index in [4.69, 9.17) is 20.2 Å². The molecule has 1 aromatic heterocycles. The van der Waals surface area contributed by atoms with Crippen LogP contribution in [0.3, 0.4) is 0 Å². The van der Waals surface area contributed by atoms with Gasteiger partial charge < -0.3 is 9.47 Å². The predicted molar refractivity (Wildman–Crippen MR) is 76.7 cm³/mol. The van der Waals surface area contributed by atoms with Crippen LogP contribution in [-0.2, 0) is 13.8 Å². The van der Waals surface area contributed by atoms with Gasteiger partial charge in [0.15, 0.2) is 0 Å². The van der Waals surface area contributed by atoms with Crippen LogP contribution in [-0.4, -0.2) is 33.2 Å². The summed E-state index contributed by atoms with van der Waals surface area (Å²) in [6.07, 6.45) is 1.35. The molecule has 0 aliphatic rings. The minimum Gasteiger partial charge on any atom is -0.488 e. The van der Waals surface area contributed by atoms with Gasteiger partial charge in [0, 0.05) is 29.4 Å². The highest BCUT2D eigenvalue weighted by molar-refractivity contribution is 8.14. The first-order chi connectivity index (χ1) is 9.43. The molecule has 1 unspecified atom stereocenters. The van der Waals surface area contributed by atoms with E-state index < -0.39 is 9.05 Å². The number of hydrogen-bond donors (Lipinski definition) is 0. The molecular weight excluding hydrogens is 302 g/mol. The van der Waals surface area contributed by atoms with Crippen molar-refractivity contribution in [2.24, 2.45) is 0 Å². The van der Waals surface area contributed by atoms with Gasteiger partial charge in [-0.05, 0) is 31.2 Å². The lowest BCUT2D eigenvalue weighted by molar-refractivity contribution is 0.0931. The lowest BCUT2D eigenvalue weighted by Gasteiger charge is -2.16. The molecule has 1 heterocycles. The molecule has 108 valence electrons. The molecule has 20 heavy (non-hydrogen) atoms. The van der Waals surface area contributed by atoms with E-state index in [0.29, 0.717) is 23.3 Å². The Kier molecular flexibility index (Phi) is 4.47. The van der Waals surface area contributed by atoms with Crippen LogP contribution in [0, 0.1) is 0 Å². The number of methoxy groups -OCH3 is 1. The molecule has 0 radical (unpaired) electrons. The van der Waals surface area contributed by atoms with Crippen LogP contribution in [0.2, 0.25) is 0 Å². The van der Waals surface area contributed by atoms with E-state index in [1.54, 1.807) is 25.3 Å². The summed E-state index contributed by atoms with van der Waals surface area (Å²) in [6, 6.07) is 6.42. The number of nitrogens with zero attached hydrogens (tertiary/aromatic N) is 1. The Morgan fingerprint density at radius 2 is 2.10 bits per heavy atom. The normalized spacial score (nSPS) is 13.3. The number of ether oxygens (including phenoxy) is 2. The second-order valence-corrected chi connectivity index (χ2v) is 6.82. The van der Waals surface area contributed by atoms with Crippen molar-refractivity contribution >= 4 is 30.6 Å². The van der Waals surface area contributed by atoms with Gasteiger partial charge in [0.05, 0.1) is 12.1 Å². The predicted octanol–water partition coefficient (Wildman–Crippen LogP) is 2.58. The zero-order valence-corrected chi connectivity index (χ0v) is 12.6. The molecule has 0 saturated heterocycles. The third-order valence-corrected chi connectivity index (χ3v) is 4.04. The monoisotopic (exact) mass is 315 g/mol. The number of rotatable bonds is 5. The average molecular weight is 316 g/mol. The zero-order chi connectivity index (χ0) is 14.8. The Bertz CT molecular complexity index is 717. The smallest absolute Gasteiger partial charge is 0.263 e. The Morgan fingerprint density at radius 3 is 2.75 bits per heavy atom. The quantitative estimate of drug-likeness (QED) is 0.793. The summed E-state index contributed by atoms with van der Waals surface area (Å²) in [5.41, 5.74) is 0.296. The van der Waals surface area contributed by atoms with Gasteiger partial charge in [-0.15, -0.1) is 0 Å². The van der Waals surface area contributed by atoms with Crippen molar-refractivity contribution in [1.82, 2.24) is 4.98 Å². The van der Waals surface area contributed by atoms with E-state index in [2.05, 4.69) is 4.98 Å². The van der Waals surface area contributed by atoms with Crippen LogP contribution in [0.25, 0.3) is 10.9 Å². The third-order valence-electron chi connectivity index (χ3n) is 2.68. The number of fused-ring (bicyclic) bond motifs is 1. The number of halogens is 1. The molecule has 1 atom stereocenters. The van der Waals surface area contributed by atoms with Crippen molar-refractivity contribution in [3.8, 4) is 5.75 Å². The zero-order valence-electron chi connectivity index (χ0n) is 11.0. The fourth-order valence-corrected chi connectivity index (χ4v) is 2.90. The van der Waals surface area contributed by atoms with Crippen molar-refractivity contribution in [2.45, 2.75) is 17.9 Å². The van der Waals surface area contributed by atoms with Gasteiger partial charge in [0.2, 0.25) is 0 Å². The van der Waals surface area contributed by atoms with Crippen molar-refractivity contribution < 1.29 is 17.9 Å². The second-order valence-electron chi connectivity index (χ2n) is 4.28. The van der Waals surface area contributed by atoms with Gasteiger partial charge in [0.1, 0.15) is 16.7 Å². The first-order valence-electron chi connectivity index (χ1n) is 5.91. The van der Waals surface area contributed by atoms with E-state index in [1.165, 1.54) is 12.3 Å². The first-order valence-corrected chi connectivity index (χ1v) is 8.22. The maximum atomic E-state index is 11.5. The van der Waals surface area contributed by atoms with Crippen LogP contribution in [0.1, 0.15) is 6.92 Å². The minimum absolute atomic E-state index is 0.0264. The van der Waals surface area contributed by atoms with Crippen LogP contribution in [0.4, 0.5) is 0 Å². The van der Waals surface area contributed by atoms with Crippen LogP contribution in [0.15, 0.2) is 35.4 Å². The Labute approximate surface area is 121 Å². The summed E-state index contributed by atoms with van der Waals surface area (Å²) in [5, 5.41) is 0.595. The van der Waals surface area contributed by atoms with Crippen molar-refractivity contribution in [2.75, 3.05) is 13.7 Å². The topological polar surface area (TPSA) is 65.5 Å². The van der Waals surface area contributed by atoms with Gasteiger partial charge in [-0.1, -0.05) is 0 Å². The molecule has 0 aliphatic carbocycles. The largest absolute Gasteiger partial charge is 0.488 e. The molecule has 2 aromatic rings. The fourth-order valence-electron chi connectivity index (χ4n) is 1.91. The molecule has 0 amide bonds. The Hall–Kier alpha value is -1.37. The SMILES string of the molecule is COCC(C)Oc1ccc(S(=O)(=O)Cl)c2ncccc12.